The summed E-state index contributed by atoms with van der Waals surface area (Å²) < 4.78 is 11.7. The molecule has 2 heterocycles. The summed E-state index contributed by atoms with van der Waals surface area (Å²) in [6, 6.07) is 1.84. The van der Waals surface area contributed by atoms with E-state index in [1.54, 1.807) is 23.0 Å². The summed E-state index contributed by atoms with van der Waals surface area (Å²) in [5.74, 6) is 0.759. The van der Waals surface area contributed by atoms with Crippen LogP contribution in [-0.2, 0) is 10.8 Å². The van der Waals surface area contributed by atoms with Gasteiger partial charge in [-0.2, -0.15) is 0 Å². The Bertz CT molecular complexity index is 531. The summed E-state index contributed by atoms with van der Waals surface area (Å²) in [6.07, 6.45) is 3.80. The molecular formula is C12H15N3OS3. The molecule has 0 amide bonds. The highest BCUT2D eigenvalue weighted by atomic mass is 32.2. The second kappa shape index (κ2) is 7.72. The number of thiazole rings is 1. The molecular weight excluding hydrogens is 298 g/mol. The summed E-state index contributed by atoms with van der Waals surface area (Å²) in [5, 5.41) is 3.17. The van der Waals surface area contributed by atoms with Gasteiger partial charge < -0.3 is 0 Å². The van der Waals surface area contributed by atoms with Crippen molar-refractivity contribution in [2.24, 2.45) is 0 Å². The average molecular weight is 313 g/mol. The molecule has 0 bridgehead atoms. The van der Waals surface area contributed by atoms with E-state index in [1.165, 1.54) is 11.8 Å². The molecule has 0 fully saturated rings. The summed E-state index contributed by atoms with van der Waals surface area (Å²) in [4.78, 5) is 12.8. The van der Waals surface area contributed by atoms with Gasteiger partial charge in [-0.05, 0) is 12.5 Å². The maximum atomic E-state index is 11.7. The summed E-state index contributed by atoms with van der Waals surface area (Å²) >= 11 is 2.98. The largest absolute Gasteiger partial charge is 0.259 e. The van der Waals surface area contributed by atoms with Gasteiger partial charge in [-0.15, -0.1) is 11.3 Å². The van der Waals surface area contributed by atoms with Gasteiger partial charge in [0.2, 0.25) is 0 Å². The highest BCUT2D eigenvalue weighted by Crippen LogP contribution is 2.20. The van der Waals surface area contributed by atoms with Crippen LogP contribution in [0.25, 0.3) is 11.4 Å². The van der Waals surface area contributed by atoms with Crippen molar-refractivity contribution in [1.29, 1.82) is 0 Å². The standard InChI is InChI=1S/C12H15N3OS3/c1-2-3-6-19(16)9-18-12-13-5-4-10(15-12)11-7-17-8-14-11/h4-5,7-8H,2-3,6,9H2,1H3. The highest BCUT2D eigenvalue weighted by molar-refractivity contribution is 8.10. The summed E-state index contributed by atoms with van der Waals surface area (Å²) in [7, 11) is -0.794. The molecule has 2 rings (SSSR count). The minimum absolute atomic E-state index is 0.556. The maximum absolute atomic E-state index is 11.7. The lowest BCUT2D eigenvalue weighted by molar-refractivity contribution is 0.682. The van der Waals surface area contributed by atoms with Crippen LogP contribution in [0.3, 0.4) is 0 Å². The second-order valence-corrected chi connectivity index (χ2v) is 7.46. The van der Waals surface area contributed by atoms with Crippen LogP contribution in [0.1, 0.15) is 19.8 Å². The van der Waals surface area contributed by atoms with E-state index in [-0.39, 0.29) is 0 Å². The third-order valence-electron chi connectivity index (χ3n) is 2.37. The van der Waals surface area contributed by atoms with Crippen molar-refractivity contribution in [3.8, 4) is 11.4 Å². The zero-order valence-electron chi connectivity index (χ0n) is 10.6. The molecule has 0 aliphatic carbocycles. The van der Waals surface area contributed by atoms with Crippen LogP contribution >= 0.6 is 23.1 Å². The van der Waals surface area contributed by atoms with Crippen molar-refractivity contribution in [2.75, 3.05) is 10.8 Å². The van der Waals surface area contributed by atoms with Gasteiger partial charge in [0.25, 0.3) is 0 Å². The molecule has 0 N–H and O–H groups in total. The lowest BCUT2D eigenvalue weighted by Crippen LogP contribution is -2.00. The highest BCUT2D eigenvalue weighted by Gasteiger charge is 2.06. The molecule has 0 radical (unpaired) electrons. The van der Waals surface area contributed by atoms with Crippen LogP contribution < -0.4 is 0 Å². The van der Waals surface area contributed by atoms with E-state index in [0.717, 1.165) is 30.0 Å². The fraction of sp³-hybridized carbons (Fsp3) is 0.417. The van der Waals surface area contributed by atoms with Crippen molar-refractivity contribution in [1.82, 2.24) is 15.0 Å². The lowest BCUT2D eigenvalue weighted by Gasteiger charge is -2.02. The van der Waals surface area contributed by atoms with Gasteiger partial charge in [-0.1, -0.05) is 25.1 Å². The lowest BCUT2D eigenvalue weighted by atomic mass is 10.3. The van der Waals surface area contributed by atoms with Crippen LogP contribution in [0.15, 0.2) is 28.3 Å². The van der Waals surface area contributed by atoms with E-state index < -0.39 is 10.8 Å². The van der Waals surface area contributed by atoms with Crippen molar-refractivity contribution in [3.63, 3.8) is 0 Å². The molecule has 2 aromatic rings. The summed E-state index contributed by atoms with van der Waals surface area (Å²) in [5.41, 5.74) is 3.46. The zero-order valence-corrected chi connectivity index (χ0v) is 13.1. The minimum Gasteiger partial charge on any atom is -0.259 e. The van der Waals surface area contributed by atoms with E-state index >= 15 is 0 Å². The van der Waals surface area contributed by atoms with Crippen molar-refractivity contribution < 1.29 is 4.21 Å². The molecule has 7 heteroatoms. The quantitative estimate of drug-likeness (QED) is 0.580. The maximum Gasteiger partial charge on any atom is 0.189 e. The second-order valence-electron chi connectivity index (χ2n) is 3.86. The Morgan fingerprint density at radius 1 is 1.37 bits per heavy atom. The first-order chi connectivity index (χ1) is 9.29. The fourth-order valence-corrected chi connectivity index (χ4v) is 4.25. The summed E-state index contributed by atoms with van der Waals surface area (Å²) in [6.45, 7) is 2.10. The number of nitrogens with zero attached hydrogens (tertiary/aromatic N) is 3. The van der Waals surface area contributed by atoms with Crippen LogP contribution in [0.2, 0.25) is 0 Å². The molecule has 0 aliphatic heterocycles. The Hall–Kier alpha value is -0.790. The Balaban J connectivity index is 1.94. The van der Waals surface area contributed by atoms with Gasteiger partial charge in [0.1, 0.15) is 0 Å². The predicted molar refractivity (Wildman–Crippen MR) is 81.8 cm³/mol. The number of aromatic nitrogens is 3. The van der Waals surface area contributed by atoms with Crippen molar-refractivity contribution in [3.05, 3.63) is 23.2 Å². The minimum atomic E-state index is -0.794. The topological polar surface area (TPSA) is 55.7 Å². The Morgan fingerprint density at radius 2 is 2.26 bits per heavy atom. The van der Waals surface area contributed by atoms with Crippen LogP contribution in [-0.4, -0.2) is 30.0 Å². The molecule has 19 heavy (non-hydrogen) atoms. The molecule has 0 aromatic carbocycles. The number of thioether (sulfide) groups is 1. The van der Waals surface area contributed by atoms with Gasteiger partial charge in [0.15, 0.2) is 5.16 Å². The van der Waals surface area contributed by atoms with Gasteiger partial charge in [0.05, 0.1) is 22.0 Å². The monoisotopic (exact) mass is 313 g/mol. The van der Waals surface area contributed by atoms with Crippen LogP contribution in [0.5, 0.6) is 0 Å². The van der Waals surface area contributed by atoms with Gasteiger partial charge in [-0.3, -0.25) is 4.21 Å². The number of hydrogen-bond donors (Lipinski definition) is 0. The number of rotatable bonds is 7. The van der Waals surface area contributed by atoms with Crippen molar-refractivity contribution in [2.45, 2.75) is 24.9 Å². The molecule has 1 unspecified atom stereocenters. The van der Waals surface area contributed by atoms with E-state index in [1.807, 2.05) is 11.4 Å². The number of unbranched alkanes of at least 4 members (excludes halogenated alkanes) is 1. The Kier molecular flexibility index (Phi) is 5.93. The molecule has 1 atom stereocenters. The SMILES string of the molecule is CCCCS(=O)CSc1nccc(-c2cscn2)n1. The van der Waals surface area contributed by atoms with Crippen LogP contribution in [0, 0.1) is 0 Å². The molecule has 4 nitrogen and oxygen atoms in total. The smallest absolute Gasteiger partial charge is 0.189 e. The fourth-order valence-electron chi connectivity index (χ4n) is 1.37. The molecule has 0 saturated carbocycles. The molecule has 0 aliphatic rings. The van der Waals surface area contributed by atoms with E-state index in [2.05, 4.69) is 21.9 Å². The van der Waals surface area contributed by atoms with E-state index in [4.69, 9.17) is 0 Å². The van der Waals surface area contributed by atoms with Gasteiger partial charge >= 0.3 is 0 Å². The predicted octanol–water partition coefficient (Wildman–Crippen LogP) is 3.20. The van der Waals surface area contributed by atoms with Gasteiger partial charge in [0, 0.05) is 28.1 Å². The Labute approximate surface area is 123 Å². The molecule has 0 saturated heterocycles. The molecule has 102 valence electrons. The first-order valence-corrected chi connectivity index (χ1v) is 9.40. The first-order valence-electron chi connectivity index (χ1n) is 5.99. The van der Waals surface area contributed by atoms with Gasteiger partial charge in [-0.25, -0.2) is 15.0 Å². The zero-order chi connectivity index (χ0) is 13.5. The third-order valence-corrected chi connectivity index (χ3v) is 5.68. The molecule has 0 spiro atoms. The Morgan fingerprint density at radius 3 is 3.00 bits per heavy atom. The number of hydrogen-bond acceptors (Lipinski definition) is 6. The third kappa shape index (κ3) is 4.67. The normalized spacial score (nSPS) is 12.5. The van der Waals surface area contributed by atoms with Crippen molar-refractivity contribution >= 4 is 33.9 Å². The van der Waals surface area contributed by atoms with E-state index in [0.29, 0.717) is 10.2 Å². The first kappa shape index (κ1) is 14.6. The average Bonchev–Trinajstić information content (AvgIpc) is 2.97. The molecule has 2 aromatic heterocycles. The van der Waals surface area contributed by atoms with Crippen LogP contribution in [0.4, 0.5) is 0 Å². The van der Waals surface area contributed by atoms with E-state index in [9.17, 15) is 4.21 Å².